The van der Waals surface area contributed by atoms with Crippen molar-refractivity contribution in [1.29, 1.82) is 0 Å². The first-order valence-corrected chi connectivity index (χ1v) is 10.4. The van der Waals surface area contributed by atoms with Crippen LogP contribution in [0.2, 0.25) is 0 Å². The first kappa shape index (κ1) is 19.4. The van der Waals surface area contributed by atoms with Crippen LogP contribution in [-0.2, 0) is 29.5 Å². The third kappa shape index (κ3) is 4.14. The van der Waals surface area contributed by atoms with Crippen molar-refractivity contribution in [2.75, 3.05) is 27.7 Å². The van der Waals surface area contributed by atoms with Gasteiger partial charge in [0.2, 0.25) is 10.0 Å². The van der Waals surface area contributed by atoms with Crippen LogP contribution in [0, 0.1) is 0 Å². The van der Waals surface area contributed by atoms with E-state index in [1.54, 1.807) is 33.3 Å². The first-order chi connectivity index (χ1) is 12.9. The molecule has 1 aliphatic rings. The fraction of sp³-hybridized carbons (Fsp3) is 0.350. The van der Waals surface area contributed by atoms with Crippen molar-refractivity contribution in [3.8, 4) is 0 Å². The van der Waals surface area contributed by atoms with Crippen LogP contribution < -0.4 is 5.32 Å². The molecule has 144 valence electrons. The average molecular weight is 387 g/mol. The maximum atomic E-state index is 12.6. The van der Waals surface area contributed by atoms with Gasteiger partial charge in [0.05, 0.1) is 4.90 Å². The third-order valence-electron chi connectivity index (χ3n) is 4.81. The highest BCUT2D eigenvalue weighted by molar-refractivity contribution is 7.89. The van der Waals surface area contributed by atoms with Gasteiger partial charge in [0.15, 0.2) is 5.96 Å². The molecule has 2 aromatic rings. The molecule has 3 rings (SSSR count). The highest BCUT2D eigenvalue weighted by Crippen LogP contribution is 2.20. The van der Waals surface area contributed by atoms with Crippen molar-refractivity contribution in [3.63, 3.8) is 0 Å². The van der Waals surface area contributed by atoms with E-state index in [9.17, 15) is 8.42 Å². The van der Waals surface area contributed by atoms with Gasteiger partial charge < -0.3 is 10.2 Å². The molecule has 0 saturated heterocycles. The zero-order chi connectivity index (χ0) is 19.4. The lowest BCUT2D eigenvalue weighted by molar-refractivity contribution is 0.378. The van der Waals surface area contributed by atoms with E-state index < -0.39 is 10.0 Å². The lowest BCUT2D eigenvalue weighted by Gasteiger charge is -2.31. The van der Waals surface area contributed by atoms with E-state index in [2.05, 4.69) is 39.5 Å². The maximum Gasteiger partial charge on any atom is 0.242 e. The van der Waals surface area contributed by atoms with Gasteiger partial charge in [0, 0.05) is 40.8 Å². The molecule has 0 saturated carbocycles. The number of fused-ring (bicyclic) bond motifs is 1. The molecule has 6 nitrogen and oxygen atoms in total. The van der Waals surface area contributed by atoms with Crippen LogP contribution in [0.25, 0.3) is 0 Å². The zero-order valence-electron chi connectivity index (χ0n) is 16.0. The summed E-state index contributed by atoms with van der Waals surface area (Å²) in [5.41, 5.74) is 3.42. The largest absolute Gasteiger partial charge is 0.352 e. The van der Waals surface area contributed by atoms with Crippen molar-refractivity contribution >= 4 is 16.0 Å². The Labute approximate surface area is 161 Å². The molecule has 0 aliphatic carbocycles. The molecule has 0 unspecified atom stereocenters. The number of hydrogen-bond acceptors (Lipinski definition) is 3. The summed E-state index contributed by atoms with van der Waals surface area (Å²) in [5, 5.41) is 3.33. The van der Waals surface area contributed by atoms with Gasteiger partial charge >= 0.3 is 0 Å². The molecular formula is C20H26N4O2S. The van der Waals surface area contributed by atoms with Gasteiger partial charge in [-0.3, -0.25) is 4.99 Å². The number of nitrogens with one attached hydrogen (secondary N) is 1. The molecule has 0 spiro atoms. The van der Waals surface area contributed by atoms with E-state index in [-0.39, 0.29) is 0 Å². The van der Waals surface area contributed by atoms with E-state index in [0.717, 1.165) is 31.0 Å². The van der Waals surface area contributed by atoms with Crippen LogP contribution in [0.1, 0.15) is 16.7 Å². The highest BCUT2D eigenvalue weighted by atomic mass is 32.2. The van der Waals surface area contributed by atoms with E-state index in [1.165, 1.54) is 15.4 Å². The lowest BCUT2D eigenvalue weighted by atomic mass is 10.0. The van der Waals surface area contributed by atoms with E-state index in [4.69, 9.17) is 0 Å². The summed E-state index contributed by atoms with van der Waals surface area (Å²) in [7, 11) is 1.36. The van der Waals surface area contributed by atoms with Gasteiger partial charge in [-0.2, -0.15) is 0 Å². The van der Waals surface area contributed by atoms with Crippen molar-refractivity contribution < 1.29 is 8.42 Å². The van der Waals surface area contributed by atoms with Gasteiger partial charge in [-0.25, -0.2) is 12.7 Å². The Morgan fingerprint density at radius 3 is 2.48 bits per heavy atom. The summed E-state index contributed by atoms with van der Waals surface area (Å²) >= 11 is 0. The fourth-order valence-electron chi connectivity index (χ4n) is 3.28. The second-order valence-electron chi connectivity index (χ2n) is 6.74. The zero-order valence-corrected chi connectivity index (χ0v) is 16.8. The molecule has 27 heavy (non-hydrogen) atoms. The molecule has 0 aromatic heterocycles. The molecule has 0 atom stereocenters. The van der Waals surface area contributed by atoms with Crippen LogP contribution in [0.3, 0.4) is 0 Å². The van der Waals surface area contributed by atoms with E-state index in [1.807, 2.05) is 12.1 Å². The second kappa shape index (κ2) is 8.10. The summed E-state index contributed by atoms with van der Waals surface area (Å²) in [6, 6.07) is 15.5. The third-order valence-corrected chi connectivity index (χ3v) is 6.73. The van der Waals surface area contributed by atoms with Gasteiger partial charge in [-0.15, -0.1) is 0 Å². The number of hydrogen-bond donors (Lipinski definition) is 1. The van der Waals surface area contributed by atoms with E-state index >= 15 is 0 Å². The van der Waals surface area contributed by atoms with Gasteiger partial charge in [0.1, 0.15) is 0 Å². The van der Waals surface area contributed by atoms with Crippen molar-refractivity contribution in [2.45, 2.75) is 24.4 Å². The highest BCUT2D eigenvalue weighted by Gasteiger charge is 2.22. The lowest BCUT2D eigenvalue weighted by Crippen LogP contribution is -2.43. The van der Waals surface area contributed by atoms with Crippen molar-refractivity contribution in [3.05, 3.63) is 65.2 Å². The van der Waals surface area contributed by atoms with Crippen LogP contribution in [0.4, 0.5) is 0 Å². The summed E-state index contributed by atoms with van der Waals surface area (Å²) in [5.74, 6) is 0.779. The molecule has 7 heteroatoms. The summed E-state index contributed by atoms with van der Waals surface area (Å²) < 4.78 is 26.4. The Morgan fingerprint density at radius 2 is 1.78 bits per heavy atom. The Balaban J connectivity index is 1.75. The number of aliphatic imine (C=N–C) groups is 1. The fourth-order valence-corrected chi connectivity index (χ4v) is 4.40. The number of sulfonamides is 1. The predicted molar refractivity (Wildman–Crippen MR) is 108 cm³/mol. The summed E-state index contributed by atoms with van der Waals surface area (Å²) in [6.45, 7) is 2.08. The Morgan fingerprint density at radius 1 is 1.11 bits per heavy atom. The minimum atomic E-state index is -3.49. The Hall–Kier alpha value is -2.38. The Bertz CT molecular complexity index is 939. The minimum Gasteiger partial charge on any atom is -0.352 e. The number of nitrogens with zero attached hydrogens (tertiary/aromatic N) is 3. The summed E-state index contributed by atoms with van der Waals surface area (Å²) in [4.78, 5) is 6.92. The molecular weight excluding hydrogens is 360 g/mol. The van der Waals surface area contributed by atoms with Crippen LogP contribution in [0.5, 0.6) is 0 Å². The maximum absolute atomic E-state index is 12.6. The minimum absolute atomic E-state index is 0.321. The Kier molecular flexibility index (Phi) is 5.82. The SMILES string of the molecule is CN=C(NCc1ccccc1S(=O)(=O)N(C)C)N1CCc2ccccc2C1. The topological polar surface area (TPSA) is 65.0 Å². The van der Waals surface area contributed by atoms with Gasteiger partial charge in [0.25, 0.3) is 0 Å². The van der Waals surface area contributed by atoms with Crippen LogP contribution >= 0.6 is 0 Å². The predicted octanol–water partition coefficient (Wildman–Crippen LogP) is 2.07. The van der Waals surface area contributed by atoms with E-state index in [0.29, 0.717) is 11.4 Å². The molecule has 0 bridgehead atoms. The average Bonchev–Trinajstić information content (AvgIpc) is 2.68. The molecule has 0 fully saturated rings. The normalized spacial score (nSPS) is 15.0. The number of benzene rings is 2. The molecule has 0 amide bonds. The molecule has 1 heterocycles. The van der Waals surface area contributed by atoms with Gasteiger partial charge in [-0.05, 0) is 29.2 Å². The quantitative estimate of drug-likeness (QED) is 0.645. The molecule has 0 radical (unpaired) electrons. The summed E-state index contributed by atoms with van der Waals surface area (Å²) in [6.07, 6.45) is 0.975. The van der Waals surface area contributed by atoms with Crippen molar-refractivity contribution in [1.82, 2.24) is 14.5 Å². The standard InChI is InChI=1S/C20H26N4O2S/c1-21-20(24-13-12-16-8-4-5-10-18(16)15-24)22-14-17-9-6-7-11-19(17)27(25,26)23(2)3/h4-11H,12-15H2,1-3H3,(H,21,22). The monoisotopic (exact) mass is 386 g/mol. The number of rotatable bonds is 4. The molecule has 1 aliphatic heterocycles. The number of guanidine groups is 1. The van der Waals surface area contributed by atoms with Crippen LogP contribution in [-0.4, -0.2) is 51.3 Å². The van der Waals surface area contributed by atoms with Crippen LogP contribution in [0.15, 0.2) is 58.4 Å². The molecule has 2 aromatic carbocycles. The second-order valence-corrected chi connectivity index (χ2v) is 8.86. The molecule has 1 N–H and O–H groups in total. The smallest absolute Gasteiger partial charge is 0.242 e. The first-order valence-electron chi connectivity index (χ1n) is 8.96. The van der Waals surface area contributed by atoms with Gasteiger partial charge in [-0.1, -0.05) is 42.5 Å². The van der Waals surface area contributed by atoms with Crippen molar-refractivity contribution in [2.24, 2.45) is 4.99 Å².